The molecule has 2 rings (SSSR count). The zero-order valence-corrected chi connectivity index (χ0v) is 12.8. The molecule has 0 amide bonds. The quantitative estimate of drug-likeness (QED) is 0.766. The van der Waals surface area contributed by atoms with Gasteiger partial charge < -0.3 is 14.2 Å². The highest BCUT2D eigenvalue weighted by atomic mass is 16.5. The Kier molecular flexibility index (Phi) is 5.67. The first-order valence-electron chi connectivity index (χ1n) is 7.84. The normalized spacial score (nSPS) is 37.4. The molecule has 0 aromatic carbocycles. The second-order valence-electron chi connectivity index (χ2n) is 6.26. The lowest BCUT2D eigenvalue weighted by Crippen LogP contribution is -2.57. The highest BCUT2D eigenvalue weighted by Gasteiger charge is 2.53. The summed E-state index contributed by atoms with van der Waals surface area (Å²) in [7, 11) is 5.53. The lowest BCUT2D eigenvalue weighted by Gasteiger charge is -2.53. The molecule has 0 aromatic heterocycles. The molecule has 0 bridgehead atoms. The molecule has 112 valence electrons. The summed E-state index contributed by atoms with van der Waals surface area (Å²) in [6.45, 7) is 0.772. The summed E-state index contributed by atoms with van der Waals surface area (Å²) in [6, 6.07) is 0. The molecule has 0 radical (unpaired) electrons. The van der Waals surface area contributed by atoms with Crippen LogP contribution in [0.25, 0.3) is 0 Å². The van der Waals surface area contributed by atoms with Crippen molar-refractivity contribution in [3.05, 3.63) is 0 Å². The van der Waals surface area contributed by atoms with Crippen LogP contribution in [-0.2, 0) is 14.2 Å². The van der Waals surface area contributed by atoms with Crippen LogP contribution in [0.1, 0.15) is 51.4 Å². The average molecular weight is 270 g/mol. The van der Waals surface area contributed by atoms with Crippen LogP contribution in [0.15, 0.2) is 0 Å². The van der Waals surface area contributed by atoms with Crippen LogP contribution in [0.4, 0.5) is 0 Å². The van der Waals surface area contributed by atoms with Crippen molar-refractivity contribution >= 4 is 0 Å². The summed E-state index contributed by atoms with van der Waals surface area (Å²) in [5, 5.41) is 0. The summed E-state index contributed by atoms with van der Waals surface area (Å²) in [4.78, 5) is 0. The molecular weight excluding hydrogens is 240 g/mol. The van der Waals surface area contributed by atoms with Gasteiger partial charge in [-0.25, -0.2) is 0 Å². The molecule has 2 fully saturated rings. The van der Waals surface area contributed by atoms with E-state index in [1.807, 2.05) is 21.3 Å². The minimum atomic E-state index is 0.0664. The molecule has 0 spiro atoms. The molecule has 3 nitrogen and oxygen atoms in total. The molecule has 0 N–H and O–H groups in total. The van der Waals surface area contributed by atoms with E-state index >= 15 is 0 Å². The highest BCUT2D eigenvalue weighted by Crippen LogP contribution is 2.50. The molecule has 2 saturated carbocycles. The predicted molar refractivity (Wildman–Crippen MR) is 76.3 cm³/mol. The highest BCUT2D eigenvalue weighted by molar-refractivity contribution is 5.02. The first kappa shape index (κ1) is 15.3. The molecular formula is C16H30O3. The van der Waals surface area contributed by atoms with Gasteiger partial charge in [-0.05, 0) is 38.0 Å². The third kappa shape index (κ3) is 2.84. The summed E-state index contributed by atoms with van der Waals surface area (Å²) in [5.41, 5.74) is 0.0664. The topological polar surface area (TPSA) is 27.7 Å². The largest absolute Gasteiger partial charge is 0.384 e. The van der Waals surface area contributed by atoms with E-state index in [2.05, 4.69) is 0 Å². The molecule has 0 heterocycles. The Labute approximate surface area is 118 Å². The van der Waals surface area contributed by atoms with Gasteiger partial charge in [-0.1, -0.05) is 19.3 Å². The fourth-order valence-corrected chi connectivity index (χ4v) is 4.63. The van der Waals surface area contributed by atoms with Crippen LogP contribution in [0, 0.1) is 11.3 Å². The standard InChI is InChI=1S/C16H30O3/c1-17-12-16(13-8-5-4-6-9-13)14(18-2)10-7-11-15(16)19-3/h13-15H,4-12H2,1-3H3. The number of hydrogen-bond donors (Lipinski definition) is 0. The molecule has 0 aromatic rings. The SMILES string of the molecule is COCC1(C2CCCCC2)C(OC)CCCC1OC. The summed E-state index contributed by atoms with van der Waals surface area (Å²) < 4.78 is 17.4. The van der Waals surface area contributed by atoms with E-state index in [0.29, 0.717) is 5.92 Å². The zero-order valence-electron chi connectivity index (χ0n) is 12.8. The van der Waals surface area contributed by atoms with Crippen molar-refractivity contribution in [3.8, 4) is 0 Å². The predicted octanol–water partition coefficient (Wildman–Crippen LogP) is 3.41. The van der Waals surface area contributed by atoms with Crippen molar-refractivity contribution in [3.63, 3.8) is 0 Å². The Hall–Kier alpha value is -0.120. The maximum absolute atomic E-state index is 5.88. The monoisotopic (exact) mass is 270 g/mol. The van der Waals surface area contributed by atoms with Crippen molar-refractivity contribution < 1.29 is 14.2 Å². The Morgan fingerprint density at radius 3 is 1.84 bits per heavy atom. The minimum Gasteiger partial charge on any atom is -0.384 e. The summed E-state index contributed by atoms with van der Waals surface area (Å²) >= 11 is 0. The maximum atomic E-state index is 5.88. The van der Waals surface area contributed by atoms with Gasteiger partial charge >= 0.3 is 0 Å². The van der Waals surface area contributed by atoms with Crippen molar-refractivity contribution in [1.82, 2.24) is 0 Å². The van der Waals surface area contributed by atoms with Crippen molar-refractivity contribution in [1.29, 1.82) is 0 Å². The number of rotatable bonds is 5. The van der Waals surface area contributed by atoms with Crippen molar-refractivity contribution in [2.45, 2.75) is 63.6 Å². The van der Waals surface area contributed by atoms with Crippen LogP contribution in [0.5, 0.6) is 0 Å². The molecule has 2 aliphatic rings. The molecule has 19 heavy (non-hydrogen) atoms. The fraction of sp³-hybridized carbons (Fsp3) is 1.00. The minimum absolute atomic E-state index is 0.0664. The van der Waals surface area contributed by atoms with Crippen LogP contribution < -0.4 is 0 Å². The lowest BCUT2D eigenvalue weighted by atomic mass is 9.59. The van der Waals surface area contributed by atoms with Gasteiger partial charge in [0.15, 0.2) is 0 Å². The zero-order chi connectivity index (χ0) is 13.7. The van der Waals surface area contributed by atoms with Gasteiger partial charge in [-0.3, -0.25) is 0 Å². The van der Waals surface area contributed by atoms with Gasteiger partial charge in [-0.2, -0.15) is 0 Å². The van der Waals surface area contributed by atoms with E-state index in [4.69, 9.17) is 14.2 Å². The van der Waals surface area contributed by atoms with E-state index in [1.165, 1.54) is 38.5 Å². The van der Waals surface area contributed by atoms with Gasteiger partial charge in [0, 0.05) is 26.7 Å². The van der Waals surface area contributed by atoms with Crippen LogP contribution >= 0.6 is 0 Å². The Morgan fingerprint density at radius 1 is 0.789 bits per heavy atom. The smallest absolute Gasteiger partial charge is 0.0677 e. The van der Waals surface area contributed by atoms with E-state index in [0.717, 1.165) is 19.4 Å². The molecule has 2 atom stereocenters. The van der Waals surface area contributed by atoms with E-state index in [-0.39, 0.29) is 17.6 Å². The molecule has 3 heteroatoms. The Balaban J connectivity index is 2.29. The number of methoxy groups -OCH3 is 3. The maximum Gasteiger partial charge on any atom is 0.0677 e. The average Bonchev–Trinajstić information content (AvgIpc) is 2.48. The molecule has 2 unspecified atom stereocenters. The van der Waals surface area contributed by atoms with Gasteiger partial charge in [0.1, 0.15) is 0 Å². The van der Waals surface area contributed by atoms with E-state index < -0.39 is 0 Å². The third-order valence-electron chi connectivity index (χ3n) is 5.46. The molecule has 0 aliphatic heterocycles. The van der Waals surface area contributed by atoms with Crippen LogP contribution in [-0.4, -0.2) is 40.1 Å². The number of hydrogen-bond acceptors (Lipinski definition) is 3. The Bertz CT molecular complexity index is 249. The van der Waals surface area contributed by atoms with Crippen LogP contribution in [0.3, 0.4) is 0 Å². The fourth-order valence-electron chi connectivity index (χ4n) is 4.63. The van der Waals surface area contributed by atoms with Gasteiger partial charge in [-0.15, -0.1) is 0 Å². The number of ether oxygens (including phenoxy) is 3. The Morgan fingerprint density at radius 2 is 1.37 bits per heavy atom. The van der Waals surface area contributed by atoms with Gasteiger partial charge in [0.2, 0.25) is 0 Å². The van der Waals surface area contributed by atoms with E-state index in [1.54, 1.807) is 0 Å². The molecule has 0 saturated heterocycles. The first-order valence-corrected chi connectivity index (χ1v) is 7.84. The van der Waals surface area contributed by atoms with Gasteiger partial charge in [0.25, 0.3) is 0 Å². The molecule has 2 aliphatic carbocycles. The van der Waals surface area contributed by atoms with Crippen LogP contribution in [0.2, 0.25) is 0 Å². The lowest BCUT2D eigenvalue weighted by molar-refractivity contribution is -0.187. The third-order valence-corrected chi connectivity index (χ3v) is 5.46. The van der Waals surface area contributed by atoms with Gasteiger partial charge in [0.05, 0.1) is 18.8 Å². The summed E-state index contributed by atoms with van der Waals surface area (Å²) in [5.74, 6) is 0.691. The second-order valence-corrected chi connectivity index (χ2v) is 6.26. The van der Waals surface area contributed by atoms with Crippen molar-refractivity contribution in [2.75, 3.05) is 27.9 Å². The first-order chi connectivity index (χ1) is 9.29. The van der Waals surface area contributed by atoms with E-state index in [9.17, 15) is 0 Å². The summed E-state index contributed by atoms with van der Waals surface area (Å²) in [6.07, 6.45) is 10.8. The van der Waals surface area contributed by atoms with Crippen molar-refractivity contribution in [2.24, 2.45) is 11.3 Å². The second kappa shape index (κ2) is 7.05.